The molecule has 13 heteroatoms. The molecule has 1 aromatic carbocycles. The van der Waals surface area contributed by atoms with Gasteiger partial charge in [-0.2, -0.15) is 18.3 Å². The second-order valence-corrected chi connectivity index (χ2v) is 12.8. The van der Waals surface area contributed by atoms with Crippen LogP contribution in [0.1, 0.15) is 49.4 Å². The van der Waals surface area contributed by atoms with Crippen molar-refractivity contribution in [2.45, 2.75) is 69.3 Å². The summed E-state index contributed by atoms with van der Waals surface area (Å²) in [4.78, 5) is 30.3. The van der Waals surface area contributed by atoms with Gasteiger partial charge < -0.3 is 20.6 Å². The standard InChI is InChI=1S/C30H41F3N6O3S/c1-2-36-14-9-25-23(18-36)28(35-39(25)17-22(40)16-37-12-7-20(8-13-37)29(34)42)21-5-6-24(30(31,32)33)26(15-21)43-19-27(41)38-10-3-4-11-38/h5-6,15,20,22,40H,2-4,7-14,16-19H2,1H3,(H2,34,42). The number of aliphatic hydroxyl groups is 1. The van der Waals surface area contributed by atoms with E-state index in [9.17, 15) is 27.9 Å². The van der Waals surface area contributed by atoms with Crippen LogP contribution in [0.5, 0.6) is 0 Å². The Morgan fingerprint density at radius 3 is 2.47 bits per heavy atom. The van der Waals surface area contributed by atoms with Gasteiger partial charge in [0.25, 0.3) is 0 Å². The van der Waals surface area contributed by atoms with Gasteiger partial charge >= 0.3 is 6.18 Å². The van der Waals surface area contributed by atoms with Crippen LogP contribution in [0.4, 0.5) is 13.2 Å². The van der Waals surface area contributed by atoms with E-state index in [0.29, 0.717) is 63.4 Å². The number of thioether (sulfide) groups is 1. The van der Waals surface area contributed by atoms with Crippen LogP contribution in [0, 0.1) is 5.92 Å². The molecule has 4 heterocycles. The molecule has 2 saturated heterocycles. The van der Waals surface area contributed by atoms with Crippen molar-refractivity contribution in [1.82, 2.24) is 24.5 Å². The highest BCUT2D eigenvalue weighted by Crippen LogP contribution is 2.40. The minimum absolute atomic E-state index is 0.0170. The lowest BCUT2D eigenvalue weighted by Crippen LogP contribution is -2.43. The number of rotatable bonds is 10. The number of alkyl halides is 3. The maximum atomic E-state index is 14.0. The van der Waals surface area contributed by atoms with E-state index in [4.69, 9.17) is 10.8 Å². The second-order valence-electron chi connectivity index (χ2n) is 11.8. The molecule has 2 amide bonds. The lowest BCUT2D eigenvalue weighted by molar-refractivity contribution is -0.139. The first kappa shape index (κ1) is 31.8. The van der Waals surface area contributed by atoms with Crippen molar-refractivity contribution in [3.63, 3.8) is 0 Å². The number of nitrogens with two attached hydrogens (primary N) is 1. The number of likely N-dealkylation sites (N-methyl/N-ethyl adjacent to an activating group) is 1. The van der Waals surface area contributed by atoms with Gasteiger partial charge in [-0.15, -0.1) is 11.8 Å². The first-order valence-electron chi connectivity index (χ1n) is 15.2. The van der Waals surface area contributed by atoms with E-state index in [-0.39, 0.29) is 34.9 Å². The fourth-order valence-electron chi connectivity index (χ4n) is 6.38. The average molecular weight is 623 g/mol. The number of piperidine rings is 1. The van der Waals surface area contributed by atoms with Crippen molar-refractivity contribution < 1.29 is 27.9 Å². The molecule has 43 heavy (non-hydrogen) atoms. The maximum Gasteiger partial charge on any atom is 0.417 e. The number of primary amides is 1. The van der Waals surface area contributed by atoms with E-state index in [0.717, 1.165) is 61.4 Å². The number of hydrogen-bond acceptors (Lipinski definition) is 7. The van der Waals surface area contributed by atoms with Crippen LogP contribution in [-0.2, 0) is 35.3 Å². The van der Waals surface area contributed by atoms with Crippen LogP contribution < -0.4 is 5.73 Å². The Morgan fingerprint density at radius 2 is 1.81 bits per heavy atom. The first-order valence-corrected chi connectivity index (χ1v) is 16.1. The summed E-state index contributed by atoms with van der Waals surface area (Å²) < 4.78 is 43.8. The predicted molar refractivity (Wildman–Crippen MR) is 158 cm³/mol. The van der Waals surface area contributed by atoms with E-state index in [1.54, 1.807) is 4.90 Å². The van der Waals surface area contributed by atoms with Crippen molar-refractivity contribution in [3.8, 4) is 11.3 Å². The van der Waals surface area contributed by atoms with Gasteiger partial charge in [0.1, 0.15) is 0 Å². The highest BCUT2D eigenvalue weighted by atomic mass is 32.2. The van der Waals surface area contributed by atoms with E-state index < -0.39 is 17.8 Å². The Balaban J connectivity index is 1.38. The summed E-state index contributed by atoms with van der Waals surface area (Å²) in [6.45, 7) is 7.73. The molecule has 3 N–H and O–H groups in total. The Morgan fingerprint density at radius 1 is 1.09 bits per heavy atom. The minimum atomic E-state index is -4.55. The molecule has 3 aliphatic heterocycles. The summed E-state index contributed by atoms with van der Waals surface area (Å²) in [5.74, 6) is -0.596. The third-order valence-electron chi connectivity index (χ3n) is 8.87. The minimum Gasteiger partial charge on any atom is -0.390 e. The van der Waals surface area contributed by atoms with Gasteiger partial charge in [0.15, 0.2) is 0 Å². The van der Waals surface area contributed by atoms with Gasteiger partial charge in [0, 0.05) is 66.8 Å². The third kappa shape index (κ3) is 7.55. The largest absolute Gasteiger partial charge is 0.417 e. The smallest absolute Gasteiger partial charge is 0.390 e. The number of benzene rings is 1. The van der Waals surface area contributed by atoms with Crippen LogP contribution in [0.25, 0.3) is 11.3 Å². The topological polar surface area (TPSA) is 108 Å². The van der Waals surface area contributed by atoms with Crippen molar-refractivity contribution in [2.75, 3.05) is 51.6 Å². The van der Waals surface area contributed by atoms with Gasteiger partial charge in [-0.05, 0) is 57.5 Å². The Labute approximate surface area is 254 Å². The Kier molecular flexibility index (Phi) is 10.0. The molecular weight excluding hydrogens is 581 g/mol. The summed E-state index contributed by atoms with van der Waals surface area (Å²) in [6, 6.07) is 4.07. The summed E-state index contributed by atoms with van der Waals surface area (Å²) in [5.41, 5.74) is 7.83. The van der Waals surface area contributed by atoms with Gasteiger partial charge in [0.05, 0.1) is 29.7 Å². The van der Waals surface area contributed by atoms with Crippen LogP contribution in [0.2, 0.25) is 0 Å². The molecule has 9 nitrogen and oxygen atoms in total. The molecule has 0 saturated carbocycles. The van der Waals surface area contributed by atoms with E-state index in [1.807, 2.05) is 4.68 Å². The van der Waals surface area contributed by atoms with Crippen molar-refractivity contribution in [1.29, 1.82) is 0 Å². The highest BCUT2D eigenvalue weighted by molar-refractivity contribution is 8.00. The molecule has 1 unspecified atom stereocenters. The van der Waals surface area contributed by atoms with Crippen molar-refractivity contribution in [3.05, 3.63) is 35.0 Å². The molecule has 1 atom stereocenters. The summed E-state index contributed by atoms with van der Waals surface area (Å²) in [7, 11) is 0. The molecule has 0 radical (unpaired) electrons. The number of aliphatic hydroxyl groups excluding tert-OH is 1. The second kappa shape index (κ2) is 13.6. The molecule has 2 aromatic rings. The summed E-state index contributed by atoms with van der Waals surface area (Å²) in [6.07, 6.45) is -1.34. The van der Waals surface area contributed by atoms with Gasteiger partial charge in [-0.25, -0.2) is 0 Å². The lowest BCUT2D eigenvalue weighted by atomic mass is 9.96. The molecular formula is C30H41F3N6O3S. The van der Waals surface area contributed by atoms with E-state index >= 15 is 0 Å². The number of hydrogen-bond donors (Lipinski definition) is 2. The van der Waals surface area contributed by atoms with Crippen molar-refractivity contribution in [2.24, 2.45) is 11.7 Å². The molecule has 236 valence electrons. The van der Waals surface area contributed by atoms with Crippen LogP contribution in [0.3, 0.4) is 0 Å². The van der Waals surface area contributed by atoms with Crippen molar-refractivity contribution >= 4 is 23.6 Å². The Bertz CT molecular complexity index is 1300. The highest BCUT2D eigenvalue weighted by Gasteiger charge is 2.35. The monoisotopic (exact) mass is 622 g/mol. The number of carbonyl (C=O) groups excluding carboxylic acids is 2. The predicted octanol–water partition coefficient (Wildman–Crippen LogP) is 3.22. The molecule has 5 rings (SSSR count). The molecule has 3 aliphatic rings. The molecule has 2 fully saturated rings. The fourth-order valence-corrected chi connectivity index (χ4v) is 7.39. The first-order chi connectivity index (χ1) is 20.5. The number of β-amino-alcohol motifs (C(OH)–C–C–N with tert-alkyl or cyclic N) is 1. The number of aromatic nitrogens is 2. The van der Waals surface area contributed by atoms with Gasteiger partial charge in [-0.3, -0.25) is 19.2 Å². The van der Waals surface area contributed by atoms with E-state index in [2.05, 4.69) is 16.7 Å². The van der Waals surface area contributed by atoms with Gasteiger partial charge in [-0.1, -0.05) is 13.0 Å². The quantitative estimate of drug-likeness (QED) is 0.392. The normalized spacial score (nSPS) is 19.5. The molecule has 1 aromatic heterocycles. The number of halogens is 3. The third-order valence-corrected chi connectivity index (χ3v) is 9.91. The summed E-state index contributed by atoms with van der Waals surface area (Å²) >= 11 is 0.928. The SMILES string of the molecule is CCN1CCc2c(c(-c3ccc(C(F)(F)F)c(SCC(=O)N4CCCC4)c3)nn2CC(O)CN2CCC(C(N)=O)CC2)C1. The lowest BCUT2D eigenvalue weighted by Gasteiger charge is -2.32. The zero-order valence-electron chi connectivity index (χ0n) is 24.6. The number of carbonyl (C=O) groups is 2. The number of likely N-dealkylation sites (tertiary alicyclic amines) is 2. The maximum absolute atomic E-state index is 14.0. The zero-order chi connectivity index (χ0) is 30.7. The van der Waals surface area contributed by atoms with Gasteiger partial charge in [0.2, 0.25) is 11.8 Å². The number of nitrogens with zero attached hydrogens (tertiary/aromatic N) is 5. The Hall–Kier alpha value is -2.61. The number of fused-ring (bicyclic) bond motifs is 1. The van der Waals surface area contributed by atoms with Crippen LogP contribution in [0.15, 0.2) is 23.1 Å². The van der Waals surface area contributed by atoms with Crippen LogP contribution in [-0.4, -0.2) is 99.1 Å². The molecule has 0 bridgehead atoms. The number of amides is 2. The fraction of sp³-hybridized carbons (Fsp3) is 0.633. The van der Waals surface area contributed by atoms with Crippen LogP contribution >= 0.6 is 11.8 Å². The molecule has 0 spiro atoms. The average Bonchev–Trinajstić information content (AvgIpc) is 3.64. The van der Waals surface area contributed by atoms with E-state index in [1.165, 1.54) is 12.1 Å². The molecule has 0 aliphatic carbocycles. The zero-order valence-corrected chi connectivity index (χ0v) is 25.4. The summed E-state index contributed by atoms with van der Waals surface area (Å²) in [5, 5.41) is 15.9.